The molecule has 0 aliphatic heterocycles. The van der Waals surface area contributed by atoms with Crippen molar-refractivity contribution >= 4 is 22.8 Å². The molecule has 5 heteroatoms. The van der Waals surface area contributed by atoms with Crippen LogP contribution in [0, 0.1) is 0 Å². The zero-order chi connectivity index (χ0) is 16.4. The van der Waals surface area contributed by atoms with Crippen LogP contribution in [0.3, 0.4) is 0 Å². The summed E-state index contributed by atoms with van der Waals surface area (Å²) in [5, 5.41) is 10.3. The molecule has 4 aromatic rings. The Hall–Kier alpha value is -3.34. The van der Waals surface area contributed by atoms with Gasteiger partial charge in [0.2, 0.25) is 0 Å². The van der Waals surface area contributed by atoms with Gasteiger partial charge in [-0.1, -0.05) is 30.3 Å². The van der Waals surface area contributed by atoms with Gasteiger partial charge in [0.25, 0.3) is 0 Å². The number of phenolic OH excluding ortho intramolecular Hbond substituents is 1. The molecule has 0 atom stereocenters. The molecule has 5 nitrogen and oxygen atoms in total. The second-order valence-electron chi connectivity index (χ2n) is 5.36. The van der Waals surface area contributed by atoms with Crippen LogP contribution in [0.15, 0.2) is 77.3 Å². The molecule has 4 rings (SSSR count). The first kappa shape index (κ1) is 14.3. The van der Waals surface area contributed by atoms with Crippen molar-refractivity contribution < 1.29 is 9.52 Å². The molecular weight excluding hydrogens is 302 g/mol. The number of oxazole rings is 1. The maximum atomic E-state index is 10.3. The van der Waals surface area contributed by atoms with Crippen LogP contribution in [-0.4, -0.2) is 15.1 Å². The van der Waals surface area contributed by atoms with E-state index in [1.165, 1.54) is 0 Å². The SMILES string of the molecule is Oc1ccccc1N(Cc1ccccn1)c1nc2ccccc2o1. The van der Waals surface area contributed by atoms with Gasteiger partial charge < -0.3 is 9.52 Å². The van der Waals surface area contributed by atoms with Crippen molar-refractivity contribution in [1.29, 1.82) is 0 Å². The van der Waals surface area contributed by atoms with E-state index in [2.05, 4.69) is 9.97 Å². The number of nitrogens with zero attached hydrogens (tertiary/aromatic N) is 3. The van der Waals surface area contributed by atoms with Crippen molar-refractivity contribution in [2.45, 2.75) is 6.54 Å². The number of benzene rings is 2. The number of phenols is 1. The van der Waals surface area contributed by atoms with Crippen LogP contribution in [-0.2, 0) is 6.54 Å². The van der Waals surface area contributed by atoms with Crippen LogP contribution < -0.4 is 4.90 Å². The predicted octanol–water partition coefficient (Wildman–Crippen LogP) is 4.27. The molecule has 1 N–H and O–H groups in total. The number of rotatable bonds is 4. The summed E-state index contributed by atoms with van der Waals surface area (Å²) < 4.78 is 5.89. The molecule has 0 bridgehead atoms. The summed E-state index contributed by atoms with van der Waals surface area (Å²) in [6.07, 6.45) is 1.74. The lowest BCUT2D eigenvalue weighted by atomic mass is 10.2. The Bertz CT molecular complexity index is 933. The Labute approximate surface area is 138 Å². The Morgan fingerprint density at radius 2 is 1.71 bits per heavy atom. The summed E-state index contributed by atoms with van der Waals surface area (Å²) in [6, 6.07) is 20.8. The molecule has 24 heavy (non-hydrogen) atoms. The van der Waals surface area contributed by atoms with Crippen molar-refractivity contribution in [1.82, 2.24) is 9.97 Å². The van der Waals surface area contributed by atoms with Gasteiger partial charge in [-0.3, -0.25) is 9.88 Å². The highest BCUT2D eigenvalue weighted by atomic mass is 16.4. The molecule has 0 spiro atoms. The van der Waals surface area contributed by atoms with E-state index in [0.29, 0.717) is 23.8 Å². The van der Waals surface area contributed by atoms with E-state index in [1.54, 1.807) is 18.3 Å². The van der Waals surface area contributed by atoms with E-state index < -0.39 is 0 Å². The number of para-hydroxylation sites is 4. The van der Waals surface area contributed by atoms with Gasteiger partial charge in [0, 0.05) is 6.20 Å². The van der Waals surface area contributed by atoms with Crippen molar-refractivity contribution in [3.63, 3.8) is 0 Å². The molecule has 2 aromatic carbocycles. The highest BCUT2D eigenvalue weighted by Gasteiger charge is 2.19. The number of pyridine rings is 1. The van der Waals surface area contributed by atoms with Crippen molar-refractivity contribution in [3.8, 4) is 5.75 Å². The smallest absolute Gasteiger partial charge is 0.303 e. The molecule has 2 heterocycles. The number of anilines is 2. The molecule has 118 valence electrons. The van der Waals surface area contributed by atoms with Crippen LogP contribution in [0.25, 0.3) is 11.1 Å². The third-order valence-corrected chi connectivity index (χ3v) is 3.73. The fraction of sp³-hybridized carbons (Fsp3) is 0.0526. The highest BCUT2D eigenvalue weighted by Crippen LogP contribution is 2.35. The Kier molecular flexibility index (Phi) is 3.59. The zero-order valence-corrected chi connectivity index (χ0v) is 12.8. The summed E-state index contributed by atoms with van der Waals surface area (Å²) in [6.45, 7) is 0.436. The van der Waals surface area contributed by atoms with Crippen molar-refractivity contribution in [2.24, 2.45) is 0 Å². The molecule has 0 radical (unpaired) electrons. The fourth-order valence-electron chi connectivity index (χ4n) is 2.58. The maximum Gasteiger partial charge on any atom is 0.303 e. The molecule has 0 saturated carbocycles. The average Bonchev–Trinajstić information content (AvgIpc) is 3.05. The van der Waals surface area contributed by atoms with Crippen LogP contribution in [0.5, 0.6) is 5.75 Å². The first-order chi connectivity index (χ1) is 11.8. The van der Waals surface area contributed by atoms with E-state index >= 15 is 0 Å². The minimum Gasteiger partial charge on any atom is -0.506 e. The van der Waals surface area contributed by atoms with Gasteiger partial charge in [-0.2, -0.15) is 4.98 Å². The van der Waals surface area contributed by atoms with Gasteiger partial charge >= 0.3 is 6.01 Å². The maximum absolute atomic E-state index is 10.3. The highest BCUT2D eigenvalue weighted by molar-refractivity contribution is 5.76. The van der Waals surface area contributed by atoms with Gasteiger partial charge in [0.15, 0.2) is 5.58 Å². The second-order valence-corrected chi connectivity index (χ2v) is 5.36. The molecule has 0 amide bonds. The zero-order valence-electron chi connectivity index (χ0n) is 12.8. The molecule has 2 aromatic heterocycles. The van der Waals surface area contributed by atoms with E-state index in [-0.39, 0.29) is 5.75 Å². The lowest BCUT2D eigenvalue weighted by molar-refractivity contribution is 0.473. The minimum absolute atomic E-state index is 0.163. The normalized spacial score (nSPS) is 10.8. The first-order valence-electron chi connectivity index (χ1n) is 7.62. The number of fused-ring (bicyclic) bond motifs is 1. The Balaban J connectivity index is 1.82. The van der Waals surface area contributed by atoms with Crippen LogP contribution in [0.2, 0.25) is 0 Å². The Morgan fingerprint density at radius 3 is 2.50 bits per heavy atom. The van der Waals surface area contributed by atoms with Crippen molar-refractivity contribution in [2.75, 3.05) is 4.90 Å². The standard InChI is InChI=1S/C19H15N3O2/c23-17-10-3-2-9-16(17)22(13-14-7-5-6-12-20-14)19-21-15-8-1-4-11-18(15)24-19/h1-12,23H,13H2. The van der Waals surface area contributed by atoms with Gasteiger partial charge in [-0.15, -0.1) is 0 Å². The molecule has 0 fully saturated rings. The summed E-state index contributed by atoms with van der Waals surface area (Å²) >= 11 is 0. The summed E-state index contributed by atoms with van der Waals surface area (Å²) in [5.74, 6) is 0.163. The second kappa shape index (κ2) is 6.04. The molecule has 0 unspecified atom stereocenters. The minimum atomic E-state index is 0.163. The van der Waals surface area contributed by atoms with E-state index in [1.807, 2.05) is 59.5 Å². The summed E-state index contributed by atoms with van der Waals surface area (Å²) in [7, 11) is 0. The molecular formula is C19H15N3O2. The third-order valence-electron chi connectivity index (χ3n) is 3.73. The van der Waals surface area contributed by atoms with Gasteiger partial charge in [-0.05, 0) is 36.4 Å². The predicted molar refractivity (Wildman–Crippen MR) is 92.2 cm³/mol. The van der Waals surface area contributed by atoms with Gasteiger partial charge in [-0.25, -0.2) is 0 Å². The average molecular weight is 317 g/mol. The Morgan fingerprint density at radius 1 is 0.917 bits per heavy atom. The van der Waals surface area contributed by atoms with Gasteiger partial charge in [0.1, 0.15) is 11.3 Å². The van der Waals surface area contributed by atoms with Crippen LogP contribution in [0.4, 0.5) is 11.7 Å². The van der Waals surface area contributed by atoms with E-state index in [0.717, 1.165) is 11.2 Å². The largest absolute Gasteiger partial charge is 0.506 e. The molecule has 0 aliphatic carbocycles. The lowest BCUT2D eigenvalue weighted by Gasteiger charge is -2.21. The monoisotopic (exact) mass is 317 g/mol. The summed E-state index contributed by atoms with van der Waals surface area (Å²) in [4.78, 5) is 10.7. The van der Waals surface area contributed by atoms with Gasteiger partial charge in [0.05, 0.1) is 17.9 Å². The molecule has 0 aliphatic rings. The first-order valence-corrected chi connectivity index (χ1v) is 7.62. The fourth-order valence-corrected chi connectivity index (χ4v) is 2.58. The number of aromatic nitrogens is 2. The number of aromatic hydroxyl groups is 1. The van der Waals surface area contributed by atoms with Crippen LogP contribution >= 0.6 is 0 Å². The lowest BCUT2D eigenvalue weighted by Crippen LogP contribution is -2.17. The third kappa shape index (κ3) is 2.67. The molecule has 0 saturated heterocycles. The van der Waals surface area contributed by atoms with Crippen molar-refractivity contribution in [3.05, 3.63) is 78.6 Å². The van der Waals surface area contributed by atoms with E-state index in [4.69, 9.17) is 4.42 Å². The quantitative estimate of drug-likeness (QED) is 0.609. The number of hydrogen-bond donors (Lipinski definition) is 1. The number of hydrogen-bond acceptors (Lipinski definition) is 5. The van der Waals surface area contributed by atoms with Crippen LogP contribution in [0.1, 0.15) is 5.69 Å². The van der Waals surface area contributed by atoms with E-state index in [9.17, 15) is 5.11 Å². The topological polar surface area (TPSA) is 62.4 Å². The summed E-state index contributed by atoms with van der Waals surface area (Å²) in [5.41, 5.74) is 2.95.